The molecule has 1 nitrogen and oxygen atoms in total. The van der Waals surface area contributed by atoms with Crippen molar-refractivity contribution in [3.8, 4) is 0 Å². The third-order valence-electron chi connectivity index (χ3n) is 3.46. The fraction of sp³-hybridized carbons (Fsp3) is 0.625. The van der Waals surface area contributed by atoms with Gasteiger partial charge in [-0.05, 0) is 42.0 Å². The minimum Gasteiger partial charge on any atom is -0.314 e. The Morgan fingerprint density at radius 3 is 2.21 bits per heavy atom. The summed E-state index contributed by atoms with van der Waals surface area (Å²) in [5.74, 6) is 0.562. The molecule has 0 saturated heterocycles. The van der Waals surface area contributed by atoms with Gasteiger partial charge in [-0.1, -0.05) is 63.9 Å². The van der Waals surface area contributed by atoms with Crippen molar-refractivity contribution in [2.75, 3.05) is 6.54 Å². The Hall–Kier alpha value is -0.240. The molecule has 1 rings (SSSR count). The number of hydrogen-bond donors (Lipinski definition) is 1. The molecule has 0 saturated carbocycles. The molecule has 0 amide bonds. The molecule has 108 valence electrons. The highest BCUT2D eigenvalue weighted by Crippen LogP contribution is 2.30. The third-order valence-corrected chi connectivity index (χ3v) is 4.20. The fourth-order valence-electron chi connectivity index (χ4n) is 2.01. The lowest BCUT2D eigenvalue weighted by Gasteiger charge is -2.32. The van der Waals surface area contributed by atoms with E-state index in [9.17, 15) is 0 Å². The quantitative estimate of drug-likeness (QED) is 0.788. The minimum atomic E-state index is 0.258. The van der Waals surface area contributed by atoms with E-state index in [-0.39, 0.29) is 5.41 Å². The third kappa shape index (κ3) is 5.72. The first kappa shape index (κ1) is 16.8. The van der Waals surface area contributed by atoms with Gasteiger partial charge in [-0.25, -0.2) is 0 Å². The summed E-state index contributed by atoms with van der Waals surface area (Å²) in [4.78, 5) is 0. The molecule has 0 fully saturated rings. The van der Waals surface area contributed by atoms with Crippen LogP contribution in [0.15, 0.2) is 18.2 Å². The second kappa shape index (κ2) is 6.97. The van der Waals surface area contributed by atoms with E-state index in [1.165, 1.54) is 5.56 Å². The molecule has 19 heavy (non-hydrogen) atoms. The summed E-state index contributed by atoms with van der Waals surface area (Å²) in [6.07, 6.45) is 1.01. The van der Waals surface area contributed by atoms with Gasteiger partial charge in [0.1, 0.15) is 0 Å². The monoisotopic (exact) mass is 301 g/mol. The molecule has 0 aliphatic rings. The van der Waals surface area contributed by atoms with Crippen molar-refractivity contribution in [2.24, 2.45) is 11.3 Å². The summed E-state index contributed by atoms with van der Waals surface area (Å²) in [6, 6.07) is 6.45. The fourth-order valence-corrected chi connectivity index (χ4v) is 2.33. The van der Waals surface area contributed by atoms with Crippen LogP contribution in [0.2, 0.25) is 10.0 Å². The number of benzene rings is 1. The molecule has 0 spiro atoms. The topological polar surface area (TPSA) is 12.0 Å². The summed E-state index contributed by atoms with van der Waals surface area (Å²) in [7, 11) is 0. The largest absolute Gasteiger partial charge is 0.314 e. The maximum absolute atomic E-state index is 6.09. The summed E-state index contributed by atoms with van der Waals surface area (Å²) in [6.45, 7) is 12.2. The average molecular weight is 302 g/mol. The van der Waals surface area contributed by atoms with Gasteiger partial charge in [-0.2, -0.15) is 0 Å². The van der Waals surface area contributed by atoms with E-state index in [0.717, 1.165) is 13.0 Å². The molecule has 1 aromatic carbocycles. The molecule has 3 heteroatoms. The van der Waals surface area contributed by atoms with Crippen molar-refractivity contribution >= 4 is 23.2 Å². The van der Waals surface area contributed by atoms with Gasteiger partial charge in [-0.3, -0.25) is 0 Å². The van der Waals surface area contributed by atoms with Crippen LogP contribution < -0.4 is 5.32 Å². The van der Waals surface area contributed by atoms with E-state index >= 15 is 0 Å². The second-order valence-electron chi connectivity index (χ2n) is 6.58. The predicted octanol–water partition coefficient (Wildman–Crippen LogP) is 5.20. The Morgan fingerprint density at radius 1 is 1.11 bits per heavy atom. The highest BCUT2D eigenvalue weighted by molar-refractivity contribution is 6.42. The first-order valence-electron chi connectivity index (χ1n) is 6.87. The van der Waals surface area contributed by atoms with Crippen LogP contribution in [0.25, 0.3) is 0 Å². The van der Waals surface area contributed by atoms with Gasteiger partial charge in [0.15, 0.2) is 0 Å². The maximum atomic E-state index is 6.09. The maximum Gasteiger partial charge on any atom is 0.0595 e. The van der Waals surface area contributed by atoms with Crippen LogP contribution in [0.5, 0.6) is 0 Å². The van der Waals surface area contributed by atoms with Gasteiger partial charge in [0.2, 0.25) is 0 Å². The predicted molar refractivity (Wildman–Crippen MR) is 86.2 cm³/mol. The summed E-state index contributed by atoms with van der Waals surface area (Å²) in [5.41, 5.74) is 1.51. The van der Waals surface area contributed by atoms with Crippen molar-refractivity contribution in [1.82, 2.24) is 5.32 Å². The van der Waals surface area contributed by atoms with E-state index in [1.54, 1.807) is 0 Å². The zero-order valence-electron chi connectivity index (χ0n) is 12.6. The molecule has 0 aliphatic heterocycles. The molecule has 0 radical (unpaired) electrons. The molecule has 0 aromatic heterocycles. The normalized spacial score (nSPS) is 13.9. The van der Waals surface area contributed by atoms with E-state index in [1.807, 2.05) is 12.1 Å². The summed E-state index contributed by atoms with van der Waals surface area (Å²) >= 11 is 12.1. The molecule has 1 unspecified atom stereocenters. The lowest BCUT2D eigenvalue weighted by Crippen LogP contribution is -2.36. The molecule has 1 atom stereocenters. The van der Waals surface area contributed by atoms with Gasteiger partial charge in [0.05, 0.1) is 10.0 Å². The van der Waals surface area contributed by atoms with Crippen molar-refractivity contribution in [1.29, 1.82) is 0 Å². The molecule has 0 bridgehead atoms. The molecule has 1 aromatic rings. The van der Waals surface area contributed by atoms with E-state index in [4.69, 9.17) is 23.2 Å². The Kier molecular flexibility index (Phi) is 6.16. The van der Waals surface area contributed by atoms with Gasteiger partial charge >= 0.3 is 0 Å². The van der Waals surface area contributed by atoms with Crippen LogP contribution in [-0.2, 0) is 6.42 Å². The van der Waals surface area contributed by atoms with Gasteiger partial charge < -0.3 is 5.32 Å². The molecule has 0 aliphatic carbocycles. The number of nitrogens with one attached hydrogen (secondary N) is 1. The van der Waals surface area contributed by atoms with Crippen molar-refractivity contribution in [3.63, 3.8) is 0 Å². The zero-order valence-corrected chi connectivity index (χ0v) is 14.1. The van der Waals surface area contributed by atoms with Gasteiger partial charge in [-0.15, -0.1) is 0 Å². The Morgan fingerprint density at radius 2 is 1.74 bits per heavy atom. The standard InChI is InChI=1S/C16H25Cl2N/c1-11(2)19-10-13(16(3,4)5)8-12-6-7-14(17)15(18)9-12/h6-7,9,11,13,19H,8,10H2,1-5H3. The first-order valence-corrected chi connectivity index (χ1v) is 7.63. The summed E-state index contributed by atoms with van der Waals surface area (Å²) in [5, 5.41) is 4.80. The van der Waals surface area contributed by atoms with Crippen molar-refractivity contribution < 1.29 is 0 Å². The molecular formula is C16H25Cl2N. The first-order chi connectivity index (χ1) is 8.70. The number of rotatable bonds is 5. The van der Waals surface area contributed by atoms with Gasteiger partial charge in [0.25, 0.3) is 0 Å². The van der Waals surface area contributed by atoms with Crippen LogP contribution in [0.1, 0.15) is 40.2 Å². The van der Waals surface area contributed by atoms with Crippen LogP contribution in [0, 0.1) is 11.3 Å². The Labute approximate surface area is 127 Å². The Bertz CT molecular complexity index is 408. The van der Waals surface area contributed by atoms with Gasteiger partial charge in [0, 0.05) is 6.04 Å². The van der Waals surface area contributed by atoms with E-state index in [2.05, 4.69) is 46.0 Å². The lowest BCUT2D eigenvalue weighted by molar-refractivity contribution is 0.226. The van der Waals surface area contributed by atoms with Crippen LogP contribution >= 0.6 is 23.2 Å². The van der Waals surface area contributed by atoms with Crippen molar-refractivity contribution in [3.05, 3.63) is 33.8 Å². The second-order valence-corrected chi connectivity index (χ2v) is 7.39. The number of hydrogen-bond acceptors (Lipinski definition) is 1. The Balaban J connectivity index is 2.79. The molecular weight excluding hydrogens is 277 g/mol. The van der Waals surface area contributed by atoms with Crippen LogP contribution in [0.3, 0.4) is 0 Å². The highest BCUT2D eigenvalue weighted by Gasteiger charge is 2.24. The van der Waals surface area contributed by atoms with E-state index in [0.29, 0.717) is 22.0 Å². The molecule has 1 N–H and O–H groups in total. The zero-order chi connectivity index (χ0) is 14.6. The van der Waals surface area contributed by atoms with Crippen molar-refractivity contribution in [2.45, 2.75) is 47.1 Å². The van der Waals surface area contributed by atoms with Crippen LogP contribution in [-0.4, -0.2) is 12.6 Å². The smallest absolute Gasteiger partial charge is 0.0595 e. The lowest BCUT2D eigenvalue weighted by atomic mass is 9.77. The molecule has 0 heterocycles. The number of halogens is 2. The highest BCUT2D eigenvalue weighted by atomic mass is 35.5. The van der Waals surface area contributed by atoms with E-state index < -0.39 is 0 Å². The summed E-state index contributed by atoms with van der Waals surface area (Å²) < 4.78 is 0. The average Bonchev–Trinajstić information content (AvgIpc) is 2.27. The van der Waals surface area contributed by atoms with Crippen LogP contribution in [0.4, 0.5) is 0 Å². The SMILES string of the molecule is CC(C)NCC(Cc1ccc(Cl)c(Cl)c1)C(C)(C)C. The minimum absolute atomic E-state index is 0.258.